The molecule has 8 nitrogen and oxygen atoms in total. The Hall–Kier alpha value is -2.92. The molecule has 176 valence electrons. The van der Waals surface area contributed by atoms with Crippen LogP contribution in [0.3, 0.4) is 0 Å². The fraction of sp³-hybridized carbons (Fsp3) is 0.250. The summed E-state index contributed by atoms with van der Waals surface area (Å²) in [4.78, 5) is 6.85. The molecule has 1 aliphatic heterocycles. The Kier molecular flexibility index (Phi) is 6.82. The number of piperazine rings is 1. The second-order valence-electron chi connectivity index (χ2n) is 7.95. The quantitative estimate of drug-likeness (QED) is 0.336. The molecule has 0 saturated carbocycles. The molecule has 0 atom stereocenters. The number of furan rings is 1. The van der Waals surface area contributed by atoms with E-state index in [0.29, 0.717) is 48.5 Å². The molecule has 0 aliphatic carbocycles. The van der Waals surface area contributed by atoms with Crippen LogP contribution in [0.4, 0.5) is 0 Å². The molecule has 3 aromatic heterocycles. The Morgan fingerprint density at radius 1 is 0.941 bits per heavy atom. The first-order valence-corrected chi connectivity index (χ1v) is 13.4. The molecule has 0 unspecified atom stereocenters. The van der Waals surface area contributed by atoms with E-state index in [4.69, 9.17) is 8.94 Å². The van der Waals surface area contributed by atoms with Gasteiger partial charge in [-0.05, 0) is 29.8 Å². The molecule has 0 radical (unpaired) electrons. The molecule has 0 amide bonds. The number of pyridine rings is 1. The van der Waals surface area contributed by atoms with Crippen LogP contribution in [-0.2, 0) is 22.3 Å². The van der Waals surface area contributed by atoms with Gasteiger partial charge in [0.1, 0.15) is 4.90 Å². The molecule has 4 heterocycles. The van der Waals surface area contributed by atoms with Gasteiger partial charge in [0.15, 0.2) is 5.76 Å². The summed E-state index contributed by atoms with van der Waals surface area (Å²) in [5.74, 6) is 1.74. The van der Waals surface area contributed by atoms with Gasteiger partial charge in [-0.2, -0.15) is 4.31 Å². The van der Waals surface area contributed by atoms with E-state index < -0.39 is 10.0 Å². The highest BCUT2D eigenvalue weighted by Gasteiger charge is 2.28. The van der Waals surface area contributed by atoms with Crippen molar-refractivity contribution in [3.8, 4) is 11.5 Å². The molecular weight excluding hydrogens is 472 g/mol. The number of hydrogen-bond donors (Lipinski definition) is 0. The number of rotatable bonds is 8. The third-order valence-electron chi connectivity index (χ3n) is 5.62. The number of aromatic nitrogens is 2. The molecule has 1 saturated heterocycles. The van der Waals surface area contributed by atoms with Crippen molar-refractivity contribution in [2.75, 3.05) is 26.2 Å². The summed E-state index contributed by atoms with van der Waals surface area (Å²) in [6.07, 6.45) is 3.02. The van der Waals surface area contributed by atoms with Crippen LogP contribution in [-0.4, -0.2) is 53.9 Å². The van der Waals surface area contributed by atoms with Crippen molar-refractivity contribution in [1.82, 2.24) is 19.3 Å². The standard InChI is InChI=1S/C24H24N4O4S2/c29-34(30,28-12-10-27(11-13-28)17-19-5-2-1-3-6-19)21-8-9-24(25-16-21)33-18-20-15-23(32-26-20)22-7-4-14-31-22/h1-9,14-16H,10-13,17-18H2. The monoisotopic (exact) mass is 496 g/mol. The van der Waals surface area contributed by atoms with Crippen LogP contribution < -0.4 is 0 Å². The zero-order chi connectivity index (χ0) is 23.4. The van der Waals surface area contributed by atoms with Crippen LogP contribution in [0.15, 0.2) is 92.0 Å². The molecule has 5 rings (SSSR count). The average Bonchev–Trinajstić information content (AvgIpc) is 3.56. The highest BCUT2D eigenvalue weighted by Crippen LogP contribution is 2.26. The van der Waals surface area contributed by atoms with E-state index in [1.165, 1.54) is 23.5 Å². The van der Waals surface area contributed by atoms with Gasteiger partial charge in [-0.25, -0.2) is 13.4 Å². The average molecular weight is 497 g/mol. The summed E-state index contributed by atoms with van der Waals surface area (Å²) in [6.45, 7) is 3.17. The topological polar surface area (TPSA) is 92.7 Å². The van der Waals surface area contributed by atoms with Crippen LogP contribution in [0.1, 0.15) is 11.3 Å². The molecule has 0 N–H and O–H groups in total. The van der Waals surface area contributed by atoms with Crippen LogP contribution in [0, 0.1) is 0 Å². The first kappa shape index (κ1) is 22.9. The fourth-order valence-corrected chi connectivity index (χ4v) is 5.88. The van der Waals surface area contributed by atoms with Gasteiger partial charge < -0.3 is 8.94 Å². The number of thioether (sulfide) groups is 1. The number of benzene rings is 1. The van der Waals surface area contributed by atoms with Gasteiger partial charge in [-0.15, -0.1) is 0 Å². The van der Waals surface area contributed by atoms with Crippen molar-refractivity contribution in [2.24, 2.45) is 0 Å². The normalized spacial score (nSPS) is 15.5. The maximum Gasteiger partial charge on any atom is 0.244 e. The Labute approximate surface area is 202 Å². The largest absolute Gasteiger partial charge is 0.461 e. The molecule has 10 heteroatoms. The van der Waals surface area contributed by atoms with Crippen molar-refractivity contribution >= 4 is 21.8 Å². The van der Waals surface area contributed by atoms with Crippen LogP contribution in [0.5, 0.6) is 0 Å². The summed E-state index contributed by atoms with van der Waals surface area (Å²) in [5, 5.41) is 4.76. The van der Waals surface area contributed by atoms with Crippen molar-refractivity contribution in [1.29, 1.82) is 0 Å². The minimum absolute atomic E-state index is 0.218. The molecule has 0 bridgehead atoms. The SMILES string of the molecule is O=S(=O)(c1ccc(SCc2cc(-c3ccco3)on2)nc1)N1CCN(Cc2ccccc2)CC1. The summed E-state index contributed by atoms with van der Waals surface area (Å²) in [6, 6.07) is 19.0. The molecule has 0 spiro atoms. The van der Waals surface area contributed by atoms with Gasteiger partial charge in [0.05, 0.1) is 17.0 Å². The molecule has 34 heavy (non-hydrogen) atoms. The number of nitrogens with zero attached hydrogens (tertiary/aromatic N) is 4. The van der Waals surface area contributed by atoms with Gasteiger partial charge in [0.25, 0.3) is 0 Å². The lowest BCUT2D eigenvalue weighted by Crippen LogP contribution is -2.48. The first-order valence-electron chi connectivity index (χ1n) is 10.9. The van der Waals surface area contributed by atoms with Gasteiger partial charge in [0, 0.05) is 50.7 Å². The zero-order valence-corrected chi connectivity index (χ0v) is 20.0. The highest BCUT2D eigenvalue weighted by atomic mass is 32.2. The molecule has 1 aliphatic rings. The molecular formula is C24H24N4O4S2. The number of sulfonamides is 1. The predicted octanol–water partition coefficient (Wildman–Crippen LogP) is 4.13. The second kappa shape index (κ2) is 10.1. The third-order valence-corrected chi connectivity index (χ3v) is 8.48. The van der Waals surface area contributed by atoms with Crippen LogP contribution in [0.25, 0.3) is 11.5 Å². The van der Waals surface area contributed by atoms with Crippen molar-refractivity contribution in [3.63, 3.8) is 0 Å². The lowest BCUT2D eigenvalue weighted by Gasteiger charge is -2.33. The van der Waals surface area contributed by atoms with Gasteiger partial charge in [0.2, 0.25) is 15.8 Å². The summed E-state index contributed by atoms with van der Waals surface area (Å²) < 4.78 is 38.3. The Bertz CT molecular complexity index is 1300. The van der Waals surface area contributed by atoms with Gasteiger partial charge in [-0.1, -0.05) is 47.3 Å². The molecule has 1 aromatic carbocycles. The predicted molar refractivity (Wildman–Crippen MR) is 128 cm³/mol. The van der Waals surface area contributed by atoms with Crippen molar-refractivity contribution in [3.05, 3.63) is 84.4 Å². The summed E-state index contributed by atoms with van der Waals surface area (Å²) in [7, 11) is -3.57. The number of hydrogen-bond acceptors (Lipinski definition) is 8. The van der Waals surface area contributed by atoms with Crippen molar-refractivity contribution in [2.45, 2.75) is 22.2 Å². The lowest BCUT2D eigenvalue weighted by molar-refractivity contribution is 0.181. The van der Waals surface area contributed by atoms with E-state index in [0.717, 1.165) is 12.2 Å². The Balaban J connectivity index is 1.15. The third kappa shape index (κ3) is 5.25. The van der Waals surface area contributed by atoms with E-state index >= 15 is 0 Å². The zero-order valence-electron chi connectivity index (χ0n) is 18.4. The lowest BCUT2D eigenvalue weighted by atomic mass is 10.2. The minimum Gasteiger partial charge on any atom is -0.461 e. The van der Waals surface area contributed by atoms with E-state index in [2.05, 4.69) is 27.2 Å². The van der Waals surface area contributed by atoms with E-state index in [9.17, 15) is 8.42 Å². The van der Waals surface area contributed by atoms with E-state index in [1.807, 2.05) is 24.3 Å². The fourth-order valence-electron chi connectivity index (χ4n) is 3.79. The Morgan fingerprint density at radius 3 is 2.47 bits per heavy atom. The van der Waals surface area contributed by atoms with Crippen LogP contribution in [0.2, 0.25) is 0 Å². The summed E-state index contributed by atoms with van der Waals surface area (Å²) >= 11 is 1.46. The summed E-state index contributed by atoms with van der Waals surface area (Å²) in [5.41, 5.74) is 1.99. The first-order chi connectivity index (χ1) is 16.6. The smallest absolute Gasteiger partial charge is 0.244 e. The maximum absolute atomic E-state index is 13.1. The van der Waals surface area contributed by atoms with Crippen molar-refractivity contribution < 1.29 is 17.4 Å². The maximum atomic E-state index is 13.1. The minimum atomic E-state index is -3.57. The van der Waals surface area contributed by atoms with E-state index in [-0.39, 0.29) is 4.90 Å². The van der Waals surface area contributed by atoms with Gasteiger partial charge >= 0.3 is 0 Å². The highest BCUT2D eigenvalue weighted by molar-refractivity contribution is 7.98. The van der Waals surface area contributed by atoms with Crippen LogP contribution >= 0.6 is 11.8 Å². The second-order valence-corrected chi connectivity index (χ2v) is 10.9. The van der Waals surface area contributed by atoms with E-state index in [1.54, 1.807) is 34.8 Å². The Morgan fingerprint density at radius 2 is 1.76 bits per heavy atom. The molecule has 4 aromatic rings. The molecule has 1 fully saturated rings. The van der Waals surface area contributed by atoms with Gasteiger partial charge in [-0.3, -0.25) is 4.90 Å².